The third-order valence-corrected chi connectivity index (χ3v) is 5.92. The molecule has 0 fully saturated rings. The summed E-state index contributed by atoms with van der Waals surface area (Å²) in [5.74, 6) is -1.44. The maximum atomic E-state index is 14.4. The second-order valence-corrected chi connectivity index (χ2v) is 8.99. The van der Waals surface area contributed by atoms with Gasteiger partial charge in [0.05, 0.1) is 24.3 Å². The van der Waals surface area contributed by atoms with Crippen molar-refractivity contribution in [2.45, 2.75) is 78.6 Å². The molecule has 0 aliphatic carbocycles. The van der Waals surface area contributed by atoms with E-state index in [0.29, 0.717) is 12.4 Å². The number of carbonyl (C=O) groups excluding carboxylic acids is 2. The lowest BCUT2D eigenvalue weighted by atomic mass is 10.1. The third-order valence-electron chi connectivity index (χ3n) is 5.92. The molecule has 0 unspecified atom stereocenters. The molecule has 0 heterocycles. The molecule has 2 aromatic rings. The first-order valence-electron chi connectivity index (χ1n) is 12.9. The first-order valence-corrected chi connectivity index (χ1v) is 12.9. The second-order valence-electron chi connectivity index (χ2n) is 8.99. The summed E-state index contributed by atoms with van der Waals surface area (Å²) in [5, 5.41) is 0. The predicted molar refractivity (Wildman–Crippen MR) is 136 cm³/mol. The molecule has 1 atom stereocenters. The molecule has 0 aliphatic heterocycles. The van der Waals surface area contributed by atoms with Gasteiger partial charge in [0.25, 0.3) is 0 Å². The van der Waals surface area contributed by atoms with E-state index >= 15 is 0 Å². The number of carbonyl (C=O) groups is 2. The molecular formula is C29H39FO5. The highest BCUT2D eigenvalue weighted by Gasteiger charge is 2.16. The molecule has 0 aliphatic rings. The van der Waals surface area contributed by atoms with Gasteiger partial charge in [-0.05, 0) is 54.8 Å². The summed E-state index contributed by atoms with van der Waals surface area (Å²) < 4.78 is 30.5. The number of rotatable bonds is 16. The minimum atomic E-state index is -0.804. The molecule has 0 N–H and O–H groups in total. The van der Waals surface area contributed by atoms with Crippen LogP contribution in [0.25, 0.3) is 0 Å². The first kappa shape index (κ1) is 28.3. The monoisotopic (exact) mass is 486 g/mol. The Balaban J connectivity index is 1.76. The highest BCUT2D eigenvalue weighted by Crippen LogP contribution is 2.21. The van der Waals surface area contributed by atoms with E-state index < -0.39 is 17.8 Å². The number of benzene rings is 2. The van der Waals surface area contributed by atoms with Crippen LogP contribution in [0.1, 0.15) is 99.3 Å². The van der Waals surface area contributed by atoms with Crippen LogP contribution in [-0.4, -0.2) is 25.2 Å². The summed E-state index contributed by atoms with van der Waals surface area (Å²) in [5.41, 5.74) is 0.351. The van der Waals surface area contributed by atoms with Gasteiger partial charge in [-0.3, -0.25) is 0 Å². The molecule has 5 nitrogen and oxygen atoms in total. The molecular weight excluding hydrogens is 447 g/mol. The van der Waals surface area contributed by atoms with Crippen LogP contribution in [0, 0.1) is 11.7 Å². The van der Waals surface area contributed by atoms with Crippen molar-refractivity contribution >= 4 is 11.9 Å². The topological polar surface area (TPSA) is 61.8 Å². The van der Waals surface area contributed by atoms with Crippen LogP contribution in [-0.2, 0) is 4.74 Å². The summed E-state index contributed by atoms with van der Waals surface area (Å²) in [6, 6.07) is 10.2. The Bertz CT molecular complexity index is 910. The van der Waals surface area contributed by atoms with Crippen molar-refractivity contribution < 1.29 is 28.2 Å². The lowest BCUT2D eigenvalue weighted by Crippen LogP contribution is -2.13. The fraction of sp³-hybridized carbons (Fsp3) is 0.517. The second kappa shape index (κ2) is 15.9. The summed E-state index contributed by atoms with van der Waals surface area (Å²) >= 11 is 0. The normalized spacial score (nSPS) is 11.7. The van der Waals surface area contributed by atoms with E-state index in [0.717, 1.165) is 25.3 Å². The van der Waals surface area contributed by atoms with Crippen LogP contribution >= 0.6 is 0 Å². The van der Waals surface area contributed by atoms with Crippen molar-refractivity contribution in [1.82, 2.24) is 0 Å². The molecule has 0 spiro atoms. The van der Waals surface area contributed by atoms with E-state index in [1.165, 1.54) is 50.7 Å². The van der Waals surface area contributed by atoms with Gasteiger partial charge in [-0.2, -0.15) is 0 Å². The number of hydrogen-bond donors (Lipinski definition) is 0. The zero-order valence-corrected chi connectivity index (χ0v) is 21.3. The highest BCUT2D eigenvalue weighted by molar-refractivity contribution is 5.92. The molecule has 0 bridgehead atoms. The summed E-state index contributed by atoms with van der Waals surface area (Å²) in [6.45, 7) is 7.09. The van der Waals surface area contributed by atoms with Gasteiger partial charge >= 0.3 is 11.9 Å². The van der Waals surface area contributed by atoms with Gasteiger partial charge in [0, 0.05) is 0 Å². The molecule has 2 rings (SSSR count). The zero-order chi connectivity index (χ0) is 25.5. The Labute approximate surface area is 209 Å². The Morgan fingerprint density at radius 2 is 1.46 bits per heavy atom. The van der Waals surface area contributed by atoms with Crippen molar-refractivity contribution in [2.24, 2.45) is 5.92 Å². The average molecular weight is 487 g/mol. The van der Waals surface area contributed by atoms with Crippen molar-refractivity contribution in [3.63, 3.8) is 0 Å². The number of hydrogen-bond acceptors (Lipinski definition) is 5. The van der Waals surface area contributed by atoms with Crippen molar-refractivity contribution in [3.05, 3.63) is 59.4 Å². The largest absolute Gasteiger partial charge is 0.494 e. The van der Waals surface area contributed by atoms with E-state index in [-0.39, 0.29) is 29.4 Å². The molecule has 6 heteroatoms. The van der Waals surface area contributed by atoms with Crippen LogP contribution in [0.15, 0.2) is 42.5 Å². The number of unbranched alkanes of at least 4 members (excludes halogenated alkanes) is 7. The molecule has 0 aromatic heterocycles. The molecule has 0 saturated carbocycles. The maximum Gasteiger partial charge on any atom is 0.343 e. The Hall–Kier alpha value is -2.89. The minimum absolute atomic E-state index is 0.0728. The van der Waals surface area contributed by atoms with Gasteiger partial charge in [0.15, 0.2) is 11.6 Å². The van der Waals surface area contributed by atoms with Gasteiger partial charge in [-0.1, -0.05) is 72.1 Å². The highest BCUT2D eigenvalue weighted by atomic mass is 19.1. The van der Waals surface area contributed by atoms with Gasteiger partial charge in [0.2, 0.25) is 0 Å². The number of esters is 2. The van der Waals surface area contributed by atoms with Crippen LogP contribution in [0.5, 0.6) is 11.5 Å². The van der Waals surface area contributed by atoms with E-state index in [9.17, 15) is 14.0 Å². The van der Waals surface area contributed by atoms with Crippen LogP contribution in [0.2, 0.25) is 0 Å². The van der Waals surface area contributed by atoms with E-state index in [4.69, 9.17) is 14.2 Å². The van der Waals surface area contributed by atoms with E-state index in [1.807, 2.05) is 13.8 Å². The third kappa shape index (κ3) is 10.5. The van der Waals surface area contributed by atoms with E-state index in [1.54, 1.807) is 24.3 Å². The van der Waals surface area contributed by atoms with Crippen molar-refractivity contribution in [2.75, 3.05) is 13.2 Å². The molecule has 0 saturated heterocycles. The quantitative estimate of drug-likeness (QED) is 0.138. The van der Waals surface area contributed by atoms with Gasteiger partial charge < -0.3 is 14.2 Å². The fourth-order valence-corrected chi connectivity index (χ4v) is 3.40. The predicted octanol–water partition coefficient (Wildman–Crippen LogP) is 7.77. The van der Waals surface area contributed by atoms with Crippen molar-refractivity contribution in [3.8, 4) is 11.5 Å². The minimum Gasteiger partial charge on any atom is -0.494 e. The molecule has 0 amide bonds. The lowest BCUT2D eigenvalue weighted by molar-refractivity contribution is 0.0446. The lowest BCUT2D eigenvalue weighted by Gasteiger charge is -2.11. The van der Waals surface area contributed by atoms with Gasteiger partial charge in [0.1, 0.15) is 5.75 Å². The first-order chi connectivity index (χ1) is 16.9. The Morgan fingerprint density at radius 1 is 0.829 bits per heavy atom. The molecule has 35 heavy (non-hydrogen) atoms. The Morgan fingerprint density at radius 3 is 2.09 bits per heavy atom. The summed E-state index contributed by atoms with van der Waals surface area (Å²) in [6.07, 6.45) is 10.8. The summed E-state index contributed by atoms with van der Waals surface area (Å²) in [4.78, 5) is 24.5. The van der Waals surface area contributed by atoms with Crippen LogP contribution < -0.4 is 9.47 Å². The molecule has 0 radical (unpaired) electrons. The van der Waals surface area contributed by atoms with Crippen molar-refractivity contribution in [1.29, 1.82) is 0 Å². The number of ether oxygens (including phenoxy) is 3. The Kier molecular flexibility index (Phi) is 12.9. The van der Waals surface area contributed by atoms with Gasteiger partial charge in [-0.15, -0.1) is 0 Å². The van der Waals surface area contributed by atoms with Crippen LogP contribution in [0.3, 0.4) is 0 Å². The molecule has 192 valence electrons. The zero-order valence-electron chi connectivity index (χ0n) is 21.3. The maximum absolute atomic E-state index is 14.4. The number of halogens is 1. The van der Waals surface area contributed by atoms with E-state index in [2.05, 4.69) is 6.92 Å². The average Bonchev–Trinajstić information content (AvgIpc) is 2.87. The van der Waals surface area contributed by atoms with Crippen LogP contribution in [0.4, 0.5) is 4.39 Å². The molecule has 2 aromatic carbocycles. The van der Waals surface area contributed by atoms with Gasteiger partial charge in [-0.25, -0.2) is 14.0 Å². The summed E-state index contributed by atoms with van der Waals surface area (Å²) in [7, 11) is 0. The smallest absolute Gasteiger partial charge is 0.343 e. The SMILES string of the molecule is CCCCCCCCCCOc1ccc(C(=O)Oc2ccc(C(=O)OC[C@@H](C)CC)cc2F)cc1. The standard InChI is InChI=1S/C29H39FO5/c1-4-6-7-8-9-10-11-12-19-33-25-16-13-23(14-17-25)29(32)35-27-18-15-24(20-26(27)30)28(31)34-21-22(3)5-2/h13-18,20,22H,4-12,19,21H2,1-3H3/t22-/m0/s1. The fourth-order valence-electron chi connectivity index (χ4n) is 3.40.